The van der Waals surface area contributed by atoms with Crippen LogP contribution in [-0.2, 0) is 9.53 Å². The molecule has 1 aromatic heterocycles. The van der Waals surface area contributed by atoms with Crippen molar-refractivity contribution in [2.24, 2.45) is 0 Å². The van der Waals surface area contributed by atoms with Gasteiger partial charge in [0.25, 0.3) is 5.91 Å². The molecule has 1 amide bonds. The van der Waals surface area contributed by atoms with Crippen LogP contribution in [0.1, 0.15) is 35.9 Å². The predicted octanol–water partition coefficient (Wildman–Crippen LogP) is 2.90. The summed E-state index contributed by atoms with van der Waals surface area (Å²) in [5.74, 6) is -0.512. The van der Waals surface area contributed by atoms with E-state index in [1.165, 1.54) is 12.7 Å². The number of carbonyl (C=O) groups is 2. The summed E-state index contributed by atoms with van der Waals surface area (Å²) in [7, 11) is 1.28. The van der Waals surface area contributed by atoms with E-state index >= 15 is 0 Å². The Kier molecular flexibility index (Phi) is 5.76. The van der Waals surface area contributed by atoms with Gasteiger partial charge in [0.2, 0.25) is 0 Å². The lowest BCUT2D eigenvalue weighted by atomic mass is 10.0. The third-order valence-electron chi connectivity index (χ3n) is 3.68. The third-order valence-corrected chi connectivity index (χ3v) is 3.68. The molecular weight excluding hydrogens is 310 g/mol. The smallest absolute Gasteiger partial charge is 0.334 e. The standard InChI is InChI=1S/C18H21NO5/c1-11(2)12-5-4-6-13(9-12)14-7-8-15(24-14)17(20)19-10-16(23-3)18(21)22/h4-9,11,16H,10H2,1-3H3,(H,19,20)(H,21,22). The molecule has 1 unspecified atom stereocenters. The van der Waals surface area contributed by atoms with Gasteiger partial charge in [-0.25, -0.2) is 4.79 Å². The van der Waals surface area contributed by atoms with Gasteiger partial charge >= 0.3 is 5.97 Å². The van der Waals surface area contributed by atoms with Crippen LogP contribution in [-0.4, -0.2) is 36.7 Å². The molecular formula is C18H21NO5. The molecule has 0 aliphatic carbocycles. The van der Waals surface area contributed by atoms with E-state index in [2.05, 4.69) is 19.2 Å². The maximum atomic E-state index is 12.1. The highest BCUT2D eigenvalue weighted by Crippen LogP contribution is 2.25. The zero-order valence-electron chi connectivity index (χ0n) is 13.9. The van der Waals surface area contributed by atoms with E-state index in [4.69, 9.17) is 14.3 Å². The average molecular weight is 331 g/mol. The maximum absolute atomic E-state index is 12.1. The highest BCUT2D eigenvalue weighted by atomic mass is 16.5. The number of aliphatic carboxylic acids is 1. The molecule has 0 bridgehead atoms. The summed E-state index contributed by atoms with van der Waals surface area (Å²) in [5.41, 5.74) is 2.07. The zero-order chi connectivity index (χ0) is 17.7. The lowest BCUT2D eigenvalue weighted by Crippen LogP contribution is -2.37. The van der Waals surface area contributed by atoms with Crippen molar-refractivity contribution in [1.29, 1.82) is 0 Å². The monoisotopic (exact) mass is 331 g/mol. The molecule has 128 valence electrons. The van der Waals surface area contributed by atoms with E-state index in [1.807, 2.05) is 24.3 Å². The minimum atomic E-state index is -1.14. The molecule has 1 aromatic carbocycles. The fourth-order valence-electron chi connectivity index (χ4n) is 2.21. The van der Waals surface area contributed by atoms with Crippen LogP contribution < -0.4 is 5.32 Å². The number of rotatable bonds is 7. The molecule has 24 heavy (non-hydrogen) atoms. The number of nitrogens with one attached hydrogen (secondary N) is 1. The van der Waals surface area contributed by atoms with Gasteiger partial charge in [-0.15, -0.1) is 0 Å². The van der Waals surface area contributed by atoms with Crippen molar-refractivity contribution in [3.05, 3.63) is 47.7 Å². The first-order valence-corrected chi connectivity index (χ1v) is 7.66. The van der Waals surface area contributed by atoms with Crippen LogP contribution in [0.5, 0.6) is 0 Å². The van der Waals surface area contributed by atoms with E-state index in [0.717, 1.165) is 5.56 Å². The minimum absolute atomic E-state index is 0.125. The lowest BCUT2D eigenvalue weighted by Gasteiger charge is -2.10. The van der Waals surface area contributed by atoms with Gasteiger partial charge in [-0.3, -0.25) is 4.79 Å². The van der Waals surface area contributed by atoms with Crippen LogP contribution in [0.3, 0.4) is 0 Å². The maximum Gasteiger partial charge on any atom is 0.334 e. The molecule has 0 aliphatic rings. The molecule has 0 saturated heterocycles. The van der Waals surface area contributed by atoms with Crippen molar-refractivity contribution in [3.8, 4) is 11.3 Å². The molecule has 2 rings (SSSR count). The molecule has 6 heteroatoms. The molecule has 1 heterocycles. The summed E-state index contributed by atoms with van der Waals surface area (Å²) >= 11 is 0. The summed E-state index contributed by atoms with van der Waals surface area (Å²) in [4.78, 5) is 22.9. The largest absolute Gasteiger partial charge is 0.479 e. The van der Waals surface area contributed by atoms with Gasteiger partial charge in [-0.1, -0.05) is 32.0 Å². The number of hydrogen-bond acceptors (Lipinski definition) is 4. The summed E-state index contributed by atoms with van der Waals surface area (Å²) in [6.45, 7) is 4.08. The van der Waals surface area contributed by atoms with Crippen LogP contribution >= 0.6 is 0 Å². The normalized spacial score (nSPS) is 12.2. The van der Waals surface area contributed by atoms with Gasteiger partial charge in [0, 0.05) is 12.7 Å². The SMILES string of the molecule is COC(CNC(=O)c1ccc(-c2cccc(C(C)C)c2)o1)C(=O)O. The first-order chi connectivity index (χ1) is 11.4. The predicted molar refractivity (Wildman–Crippen MR) is 89.0 cm³/mol. The van der Waals surface area contributed by atoms with E-state index in [9.17, 15) is 9.59 Å². The van der Waals surface area contributed by atoms with Gasteiger partial charge in [-0.2, -0.15) is 0 Å². The van der Waals surface area contributed by atoms with Gasteiger partial charge in [0.05, 0.1) is 6.54 Å². The molecule has 2 aromatic rings. The molecule has 0 fully saturated rings. The van der Waals surface area contributed by atoms with Crippen LogP contribution in [0, 0.1) is 0 Å². The molecule has 0 spiro atoms. The van der Waals surface area contributed by atoms with Crippen molar-refractivity contribution >= 4 is 11.9 Å². The minimum Gasteiger partial charge on any atom is -0.479 e. The quantitative estimate of drug-likeness (QED) is 0.814. The molecule has 0 saturated carbocycles. The topological polar surface area (TPSA) is 88.8 Å². The average Bonchev–Trinajstić information content (AvgIpc) is 3.05. The second-order valence-corrected chi connectivity index (χ2v) is 5.72. The van der Waals surface area contributed by atoms with E-state index in [0.29, 0.717) is 11.7 Å². The Hall–Kier alpha value is -2.60. The van der Waals surface area contributed by atoms with Crippen molar-refractivity contribution in [2.75, 3.05) is 13.7 Å². The number of benzene rings is 1. The molecule has 0 radical (unpaired) electrons. The van der Waals surface area contributed by atoms with E-state index in [-0.39, 0.29) is 12.3 Å². The van der Waals surface area contributed by atoms with Gasteiger partial charge < -0.3 is 19.6 Å². The van der Waals surface area contributed by atoms with Crippen molar-refractivity contribution in [2.45, 2.75) is 25.9 Å². The molecule has 0 aliphatic heterocycles. The summed E-state index contributed by atoms with van der Waals surface area (Å²) < 4.78 is 10.4. The highest BCUT2D eigenvalue weighted by molar-refractivity contribution is 5.92. The van der Waals surface area contributed by atoms with E-state index in [1.54, 1.807) is 12.1 Å². The first-order valence-electron chi connectivity index (χ1n) is 7.66. The van der Waals surface area contributed by atoms with Crippen LogP contribution in [0.15, 0.2) is 40.8 Å². The Morgan fingerprint density at radius 2 is 2.00 bits per heavy atom. The van der Waals surface area contributed by atoms with Crippen molar-refractivity contribution in [1.82, 2.24) is 5.32 Å². The Morgan fingerprint density at radius 3 is 2.62 bits per heavy atom. The lowest BCUT2D eigenvalue weighted by molar-refractivity contribution is -0.148. The first kappa shape index (κ1) is 17.7. The zero-order valence-corrected chi connectivity index (χ0v) is 13.9. The van der Waals surface area contributed by atoms with Crippen LogP contribution in [0.25, 0.3) is 11.3 Å². The molecule has 1 atom stereocenters. The fraction of sp³-hybridized carbons (Fsp3) is 0.333. The van der Waals surface area contributed by atoms with Gasteiger partial charge in [0.15, 0.2) is 11.9 Å². The highest BCUT2D eigenvalue weighted by Gasteiger charge is 2.19. The summed E-state index contributed by atoms with van der Waals surface area (Å²) in [6, 6.07) is 11.2. The number of carbonyl (C=O) groups excluding carboxylic acids is 1. The Labute approximate surface area is 140 Å². The number of hydrogen-bond donors (Lipinski definition) is 2. The number of carboxylic acids is 1. The number of ether oxygens (including phenoxy) is 1. The second-order valence-electron chi connectivity index (χ2n) is 5.72. The van der Waals surface area contributed by atoms with Crippen molar-refractivity contribution in [3.63, 3.8) is 0 Å². The van der Waals surface area contributed by atoms with Gasteiger partial charge in [-0.05, 0) is 29.7 Å². The molecule has 6 nitrogen and oxygen atoms in total. The number of methoxy groups -OCH3 is 1. The Balaban J connectivity index is 2.08. The number of amides is 1. The fourth-order valence-corrected chi connectivity index (χ4v) is 2.21. The van der Waals surface area contributed by atoms with Crippen LogP contribution in [0.2, 0.25) is 0 Å². The van der Waals surface area contributed by atoms with Crippen LogP contribution in [0.4, 0.5) is 0 Å². The number of furan rings is 1. The van der Waals surface area contributed by atoms with Gasteiger partial charge in [0.1, 0.15) is 5.76 Å². The summed E-state index contributed by atoms with van der Waals surface area (Å²) in [6.07, 6.45) is -1.09. The van der Waals surface area contributed by atoms with E-state index < -0.39 is 18.0 Å². The third kappa shape index (κ3) is 4.23. The Bertz CT molecular complexity index is 720. The Morgan fingerprint density at radius 1 is 1.25 bits per heavy atom. The van der Waals surface area contributed by atoms with Crippen molar-refractivity contribution < 1.29 is 23.8 Å². The second kappa shape index (κ2) is 7.79. The number of carboxylic acid groups (broad SMARTS) is 1. The molecule has 2 N–H and O–H groups in total. The summed E-state index contributed by atoms with van der Waals surface area (Å²) in [5, 5.41) is 11.4.